The van der Waals surface area contributed by atoms with Crippen LogP contribution in [0.15, 0.2) is 70.3 Å². The Morgan fingerprint density at radius 3 is 1.97 bits per heavy atom. The highest BCUT2D eigenvalue weighted by molar-refractivity contribution is 7.99. The molecule has 0 saturated carbocycles. The number of amides is 1. The zero-order chi connectivity index (χ0) is 23.8. The van der Waals surface area contributed by atoms with Crippen molar-refractivity contribution in [2.45, 2.75) is 76.4 Å². The number of rotatable bonds is 16. The van der Waals surface area contributed by atoms with E-state index in [1.807, 2.05) is 60.7 Å². The van der Waals surface area contributed by atoms with Gasteiger partial charge in [0.05, 0.1) is 5.75 Å². The van der Waals surface area contributed by atoms with Crippen molar-refractivity contribution in [1.29, 1.82) is 0 Å². The molecule has 1 N–H and O–H groups in total. The summed E-state index contributed by atoms with van der Waals surface area (Å²) in [6, 6.07) is 20.0. The van der Waals surface area contributed by atoms with Crippen LogP contribution in [0.2, 0.25) is 0 Å². The smallest absolute Gasteiger partial charge is 0.257 e. The standard InChI is InChI=1S/C29H38N2O2S/c1-2-3-4-5-6-7-8-9-10-17-22-30-26(32)23-34-29-31-27(24-18-13-11-14-19-24)28(33-29)25-20-15-12-16-21-25/h11-16,18-21H,2-10,17,22-23H2,1H3,(H,30,32). The predicted octanol–water partition coefficient (Wildman–Crippen LogP) is 8.14. The predicted molar refractivity (Wildman–Crippen MR) is 143 cm³/mol. The molecule has 1 aromatic heterocycles. The normalized spacial score (nSPS) is 11.0. The number of benzene rings is 2. The zero-order valence-electron chi connectivity index (χ0n) is 20.4. The average Bonchev–Trinajstić information content (AvgIpc) is 3.31. The highest BCUT2D eigenvalue weighted by Crippen LogP contribution is 2.35. The van der Waals surface area contributed by atoms with Crippen LogP contribution in [0, 0.1) is 0 Å². The van der Waals surface area contributed by atoms with E-state index in [-0.39, 0.29) is 5.91 Å². The number of unbranched alkanes of at least 4 members (excludes halogenated alkanes) is 9. The molecule has 3 rings (SSSR count). The number of nitrogens with one attached hydrogen (secondary N) is 1. The number of thioether (sulfide) groups is 1. The van der Waals surface area contributed by atoms with Gasteiger partial charge in [-0.25, -0.2) is 4.98 Å². The quantitative estimate of drug-likeness (QED) is 0.167. The summed E-state index contributed by atoms with van der Waals surface area (Å²) in [5.74, 6) is 1.07. The third kappa shape index (κ3) is 9.02. The van der Waals surface area contributed by atoms with Crippen molar-refractivity contribution in [3.8, 4) is 22.6 Å². The molecule has 182 valence electrons. The Morgan fingerprint density at radius 1 is 0.794 bits per heavy atom. The van der Waals surface area contributed by atoms with Crippen molar-refractivity contribution in [1.82, 2.24) is 10.3 Å². The van der Waals surface area contributed by atoms with Crippen LogP contribution in [-0.2, 0) is 4.79 Å². The lowest BCUT2D eigenvalue weighted by Gasteiger charge is -2.04. The Labute approximate surface area is 209 Å². The number of hydrogen-bond acceptors (Lipinski definition) is 4. The fourth-order valence-corrected chi connectivity index (χ4v) is 4.61. The van der Waals surface area contributed by atoms with Crippen molar-refractivity contribution >= 4 is 17.7 Å². The summed E-state index contributed by atoms with van der Waals surface area (Å²) in [6.07, 6.45) is 13.0. The average molecular weight is 479 g/mol. The number of oxazole rings is 1. The van der Waals surface area contributed by atoms with E-state index >= 15 is 0 Å². The molecule has 0 fully saturated rings. The van der Waals surface area contributed by atoms with Crippen LogP contribution in [0.5, 0.6) is 0 Å². The highest BCUT2D eigenvalue weighted by atomic mass is 32.2. The minimum absolute atomic E-state index is 0.0293. The van der Waals surface area contributed by atoms with Gasteiger partial charge in [0.2, 0.25) is 5.91 Å². The lowest BCUT2D eigenvalue weighted by atomic mass is 10.1. The Kier molecular flexibility index (Phi) is 11.8. The molecule has 3 aromatic rings. The summed E-state index contributed by atoms with van der Waals surface area (Å²) in [6.45, 7) is 3.00. The van der Waals surface area contributed by atoms with Gasteiger partial charge in [0.1, 0.15) is 5.69 Å². The van der Waals surface area contributed by atoms with Crippen molar-refractivity contribution in [3.63, 3.8) is 0 Å². The lowest BCUT2D eigenvalue weighted by Crippen LogP contribution is -2.26. The molecule has 0 aliphatic carbocycles. The van der Waals surface area contributed by atoms with Gasteiger partial charge in [0, 0.05) is 17.7 Å². The van der Waals surface area contributed by atoms with E-state index in [4.69, 9.17) is 9.40 Å². The molecule has 1 heterocycles. The van der Waals surface area contributed by atoms with Crippen LogP contribution in [0.3, 0.4) is 0 Å². The number of aromatic nitrogens is 1. The topological polar surface area (TPSA) is 55.1 Å². The summed E-state index contributed by atoms with van der Waals surface area (Å²) in [5.41, 5.74) is 2.79. The van der Waals surface area contributed by atoms with Gasteiger partial charge in [-0.1, -0.05) is 137 Å². The summed E-state index contributed by atoms with van der Waals surface area (Å²) in [4.78, 5) is 17.0. The SMILES string of the molecule is CCCCCCCCCCCCNC(=O)CSc1nc(-c2ccccc2)c(-c2ccccc2)o1. The van der Waals surface area contributed by atoms with Crippen LogP contribution in [0.25, 0.3) is 22.6 Å². The maximum absolute atomic E-state index is 12.3. The summed E-state index contributed by atoms with van der Waals surface area (Å²) < 4.78 is 6.09. The number of hydrogen-bond donors (Lipinski definition) is 1. The molecular weight excluding hydrogens is 440 g/mol. The first-order valence-corrected chi connectivity index (χ1v) is 13.8. The van der Waals surface area contributed by atoms with Crippen LogP contribution in [-0.4, -0.2) is 23.2 Å². The molecule has 0 saturated heterocycles. The Morgan fingerprint density at radius 2 is 1.35 bits per heavy atom. The third-order valence-electron chi connectivity index (χ3n) is 5.87. The van der Waals surface area contributed by atoms with Crippen molar-refractivity contribution in [2.75, 3.05) is 12.3 Å². The Balaban J connectivity index is 1.39. The molecule has 0 unspecified atom stereocenters. The van der Waals surface area contributed by atoms with Gasteiger partial charge in [-0.15, -0.1) is 0 Å². The number of carbonyl (C=O) groups is 1. The van der Waals surface area contributed by atoms with Gasteiger partial charge >= 0.3 is 0 Å². The maximum atomic E-state index is 12.3. The molecule has 0 spiro atoms. The zero-order valence-corrected chi connectivity index (χ0v) is 21.2. The Hall–Kier alpha value is -2.53. The summed E-state index contributed by atoms with van der Waals surface area (Å²) >= 11 is 1.35. The molecular formula is C29H38N2O2S. The van der Waals surface area contributed by atoms with Crippen LogP contribution in [0.1, 0.15) is 71.1 Å². The fraction of sp³-hybridized carbons (Fsp3) is 0.448. The summed E-state index contributed by atoms with van der Waals surface area (Å²) in [5, 5.41) is 3.55. The molecule has 0 aliphatic rings. The van der Waals surface area contributed by atoms with E-state index in [0.29, 0.717) is 11.0 Å². The van der Waals surface area contributed by atoms with E-state index in [9.17, 15) is 4.79 Å². The maximum Gasteiger partial charge on any atom is 0.257 e. The first kappa shape index (κ1) is 26.1. The largest absolute Gasteiger partial charge is 0.431 e. The summed E-state index contributed by atoms with van der Waals surface area (Å²) in [7, 11) is 0. The highest BCUT2D eigenvalue weighted by Gasteiger charge is 2.17. The van der Waals surface area contributed by atoms with Gasteiger partial charge < -0.3 is 9.73 Å². The first-order valence-electron chi connectivity index (χ1n) is 12.8. The second-order valence-electron chi connectivity index (χ2n) is 8.71. The van der Waals surface area contributed by atoms with Crippen molar-refractivity contribution < 1.29 is 9.21 Å². The molecule has 2 aromatic carbocycles. The fourth-order valence-electron chi connectivity index (χ4n) is 3.96. The van der Waals surface area contributed by atoms with E-state index in [0.717, 1.165) is 35.5 Å². The van der Waals surface area contributed by atoms with Gasteiger partial charge in [-0.05, 0) is 6.42 Å². The van der Waals surface area contributed by atoms with Crippen LogP contribution >= 0.6 is 11.8 Å². The van der Waals surface area contributed by atoms with Gasteiger partial charge in [-0.3, -0.25) is 4.79 Å². The van der Waals surface area contributed by atoms with Crippen molar-refractivity contribution in [2.24, 2.45) is 0 Å². The monoisotopic (exact) mass is 478 g/mol. The lowest BCUT2D eigenvalue weighted by molar-refractivity contribution is -0.118. The van der Waals surface area contributed by atoms with Gasteiger partial charge in [-0.2, -0.15) is 0 Å². The van der Waals surface area contributed by atoms with Gasteiger partial charge in [0.25, 0.3) is 5.22 Å². The van der Waals surface area contributed by atoms with E-state index in [1.54, 1.807) is 0 Å². The molecule has 0 atom stereocenters. The number of nitrogens with zero attached hydrogens (tertiary/aromatic N) is 1. The second kappa shape index (κ2) is 15.4. The number of carbonyl (C=O) groups excluding carboxylic acids is 1. The van der Waals surface area contributed by atoms with Crippen LogP contribution in [0.4, 0.5) is 0 Å². The van der Waals surface area contributed by atoms with Crippen LogP contribution < -0.4 is 5.32 Å². The molecule has 1 amide bonds. The van der Waals surface area contributed by atoms with E-state index < -0.39 is 0 Å². The Bertz CT molecular complexity index is 900. The molecule has 0 aliphatic heterocycles. The minimum Gasteiger partial charge on any atom is -0.431 e. The van der Waals surface area contributed by atoms with Gasteiger partial charge in [0.15, 0.2) is 5.76 Å². The molecule has 5 heteroatoms. The minimum atomic E-state index is 0.0293. The van der Waals surface area contributed by atoms with E-state index in [1.165, 1.54) is 69.5 Å². The first-order chi connectivity index (χ1) is 16.8. The third-order valence-corrected chi connectivity index (χ3v) is 6.70. The second-order valence-corrected chi connectivity index (χ2v) is 9.64. The van der Waals surface area contributed by atoms with E-state index in [2.05, 4.69) is 12.2 Å². The molecule has 0 bridgehead atoms. The molecule has 0 radical (unpaired) electrons. The van der Waals surface area contributed by atoms with Crippen molar-refractivity contribution in [3.05, 3.63) is 60.7 Å². The molecule has 4 nitrogen and oxygen atoms in total. The molecule has 34 heavy (non-hydrogen) atoms.